The predicted molar refractivity (Wildman–Crippen MR) is 76.2 cm³/mol. The molecule has 1 fully saturated rings. The molecule has 108 valence electrons. The Balaban J connectivity index is 1.77. The van der Waals surface area contributed by atoms with E-state index in [2.05, 4.69) is 4.98 Å². The molecule has 1 aliphatic heterocycles. The zero-order valence-electron chi connectivity index (χ0n) is 11.5. The van der Waals surface area contributed by atoms with Gasteiger partial charge in [0.15, 0.2) is 10.7 Å². The largest absolute Gasteiger partial charge is 0.381 e. The minimum atomic E-state index is -0.677. The summed E-state index contributed by atoms with van der Waals surface area (Å²) in [6, 6.07) is 0. The van der Waals surface area contributed by atoms with Gasteiger partial charge in [0.1, 0.15) is 5.60 Å². The van der Waals surface area contributed by atoms with Crippen LogP contribution in [0.4, 0.5) is 0 Å². The van der Waals surface area contributed by atoms with Crippen LogP contribution in [-0.4, -0.2) is 40.6 Å². The second-order valence-electron chi connectivity index (χ2n) is 4.96. The van der Waals surface area contributed by atoms with Crippen LogP contribution in [0.25, 0.3) is 4.96 Å². The number of carbonyl (C=O) groups is 1. The van der Waals surface area contributed by atoms with Crippen molar-refractivity contribution in [1.82, 2.24) is 9.38 Å². The molecule has 3 heterocycles. The van der Waals surface area contributed by atoms with Crippen LogP contribution in [0.15, 0.2) is 17.8 Å². The van der Waals surface area contributed by atoms with Crippen LogP contribution in [0.1, 0.15) is 25.5 Å². The van der Waals surface area contributed by atoms with E-state index in [0.717, 1.165) is 10.7 Å². The van der Waals surface area contributed by atoms with Gasteiger partial charge in [-0.3, -0.25) is 9.20 Å². The molecule has 0 saturated carbocycles. The van der Waals surface area contributed by atoms with Crippen LogP contribution in [0.3, 0.4) is 0 Å². The van der Waals surface area contributed by atoms with Crippen LogP contribution >= 0.6 is 11.3 Å². The summed E-state index contributed by atoms with van der Waals surface area (Å²) >= 11 is 1.57. The molecule has 1 aliphatic rings. The number of Topliss-reactive ketones (excluding diaryl/α,β-unsaturated/α-hetero) is 1. The molecule has 0 N–H and O–H groups in total. The van der Waals surface area contributed by atoms with Gasteiger partial charge >= 0.3 is 0 Å². The summed E-state index contributed by atoms with van der Waals surface area (Å²) in [7, 11) is 0. The molecule has 0 atom stereocenters. The van der Waals surface area contributed by atoms with Crippen molar-refractivity contribution in [2.75, 3.05) is 19.8 Å². The fourth-order valence-corrected chi connectivity index (χ4v) is 3.39. The quantitative estimate of drug-likeness (QED) is 0.847. The third-order valence-corrected chi connectivity index (χ3v) is 4.48. The first-order chi connectivity index (χ1) is 9.73. The number of hydrogen-bond donors (Lipinski definition) is 0. The normalized spacial score (nSPS) is 18.4. The fraction of sp³-hybridized carbons (Fsp3) is 0.571. The van der Waals surface area contributed by atoms with E-state index in [1.165, 1.54) is 0 Å². The summed E-state index contributed by atoms with van der Waals surface area (Å²) in [4.78, 5) is 18.0. The van der Waals surface area contributed by atoms with Crippen molar-refractivity contribution in [1.29, 1.82) is 0 Å². The van der Waals surface area contributed by atoms with Gasteiger partial charge in [-0.1, -0.05) is 0 Å². The molecule has 2 aromatic heterocycles. The van der Waals surface area contributed by atoms with Gasteiger partial charge in [-0.15, -0.1) is 11.3 Å². The Morgan fingerprint density at radius 2 is 2.35 bits per heavy atom. The Bertz CT molecular complexity index is 564. The molecule has 1 saturated heterocycles. The second-order valence-corrected chi connectivity index (χ2v) is 5.84. The lowest BCUT2D eigenvalue weighted by Gasteiger charge is -2.35. The highest BCUT2D eigenvalue weighted by atomic mass is 32.1. The van der Waals surface area contributed by atoms with Crippen molar-refractivity contribution in [3.63, 3.8) is 0 Å². The van der Waals surface area contributed by atoms with Crippen molar-refractivity contribution < 1.29 is 14.3 Å². The third-order valence-electron chi connectivity index (χ3n) is 3.71. The molecule has 20 heavy (non-hydrogen) atoms. The summed E-state index contributed by atoms with van der Waals surface area (Å²) in [6.45, 7) is 3.65. The number of ketones is 1. The van der Waals surface area contributed by atoms with E-state index in [-0.39, 0.29) is 5.78 Å². The standard InChI is InChI=1S/C14H18N2O3S/c1-2-19-14(3-6-18-7-4-14)12(17)9-11-10-16-5-8-20-13(16)15-11/h5,8,10H,2-4,6-7,9H2,1H3. The first kappa shape index (κ1) is 13.7. The molecule has 6 heteroatoms. The third kappa shape index (κ3) is 2.51. The van der Waals surface area contributed by atoms with Gasteiger partial charge < -0.3 is 9.47 Å². The van der Waals surface area contributed by atoms with Crippen molar-refractivity contribution in [3.8, 4) is 0 Å². The van der Waals surface area contributed by atoms with E-state index in [1.807, 2.05) is 29.1 Å². The molecule has 0 spiro atoms. The average molecular weight is 294 g/mol. The number of ether oxygens (including phenoxy) is 2. The maximum atomic E-state index is 12.7. The van der Waals surface area contributed by atoms with Crippen molar-refractivity contribution in [3.05, 3.63) is 23.5 Å². The van der Waals surface area contributed by atoms with E-state index in [1.54, 1.807) is 11.3 Å². The summed E-state index contributed by atoms with van der Waals surface area (Å²) in [6.07, 6.45) is 5.48. The molecule has 2 aromatic rings. The number of thiazole rings is 1. The average Bonchev–Trinajstić information content (AvgIpc) is 3.01. The molecule has 0 unspecified atom stereocenters. The summed E-state index contributed by atoms with van der Waals surface area (Å²) < 4.78 is 13.1. The van der Waals surface area contributed by atoms with Crippen molar-refractivity contribution in [2.45, 2.75) is 31.8 Å². The van der Waals surface area contributed by atoms with Crippen molar-refractivity contribution in [2.24, 2.45) is 0 Å². The molecule has 0 radical (unpaired) electrons. The van der Waals surface area contributed by atoms with Gasteiger partial charge in [-0.2, -0.15) is 0 Å². The molecule has 0 aliphatic carbocycles. The monoisotopic (exact) mass is 294 g/mol. The summed E-state index contributed by atoms with van der Waals surface area (Å²) in [5.41, 5.74) is 0.136. The number of fused-ring (bicyclic) bond motifs is 1. The van der Waals surface area contributed by atoms with Gasteiger partial charge in [-0.05, 0) is 6.92 Å². The maximum Gasteiger partial charge on any atom is 0.193 e. The number of hydrogen-bond acceptors (Lipinski definition) is 5. The fourth-order valence-electron chi connectivity index (χ4n) is 2.67. The molecular formula is C14H18N2O3S. The van der Waals surface area contributed by atoms with Crippen LogP contribution in [-0.2, 0) is 20.7 Å². The lowest BCUT2D eigenvalue weighted by molar-refractivity contribution is -0.156. The minimum Gasteiger partial charge on any atom is -0.381 e. The topological polar surface area (TPSA) is 52.8 Å². The van der Waals surface area contributed by atoms with Gasteiger partial charge in [0.05, 0.1) is 12.1 Å². The summed E-state index contributed by atoms with van der Waals surface area (Å²) in [5.74, 6) is 0.119. The maximum absolute atomic E-state index is 12.7. The molecular weight excluding hydrogens is 276 g/mol. The van der Waals surface area contributed by atoms with Gasteiger partial charge in [0, 0.05) is 50.4 Å². The number of imidazole rings is 1. The van der Waals surface area contributed by atoms with Gasteiger partial charge in [-0.25, -0.2) is 4.98 Å². The SMILES string of the molecule is CCOC1(C(=O)Cc2cn3ccsc3n2)CCOCC1. The zero-order valence-corrected chi connectivity index (χ0v) is 12.3. The highest BCUT2D eigenvalue weighted by Gasteiger charge is 2.40. The van der Waals surface area contributed by atoms with Crippen LogP contribution < -0.4 is 0 Å². The number of nitrogens with zero attached hydrogens (tertiary/aromatic N) is 2. The Kier molecular flexibility index (Phi) is 3.87. The van der Waals surface area contributed by atoms with E-state index < -0.39 is 5.60 Å². The van der Waals surface area contributed by atoms with Crippen molar-refractivity contribution >= 4 is 22.1 Å². The first-order valence-corrected chi connectivity index (χ1v) is 7.77. The Morgan fingerprint density at radius 1 is 1.55 bits per heavy atom. The van der Waals surface area contributed by atoms with E-state index in [4.69, 9.17) is 9.47 Å². The lowest BCUT2D eigenvalue weighted by atomic mass is 9.87. The zero-order chi connectivity index (χ0) is 14.0. The first-order valence-electron chi connectivity index (χ1n) is 6.89. The Labute approximate surface area is 121 Å². The smallest absolute Gasteiger partial charge is 0.193 e. The molecule has 3 rings (SSSR count). The highest BCUT2D eigenvalue weighted by Crippen LogP contribution is 2.28. The van der Waals surface area contributed by atoms with Gasteiger partial charge in [0.25, 0.3) is 0 Å². The Hall–Kier alpha value is -1.24. The molecule has 5 nitrogen and oxygen atoms in total. The van der Waals surface area contributed by atoms with E-state index in [0.29, 0.717) is 39.1 Å². The van der Waals surface area contributed by atoms with Crippen LogP contribution in [0.5, 0.6) is 0 Å². The second kappa shape index (κ2) is 5.63. The number of aromatic nitrogens is 2. The Morgan fingerprint density at radius 3 is 3.05 bits per heavy atom. The van der Waals surface area contributed by atoms with E-state index >= 15 is 0 Å². The minimum absolute atomic E-state index is 0.119. The number of carbonyl (C=O) groups excluding carboxylic acids is 1. The lowest BCUT2D eigenvalue weighted by Crippen LogP contribution is -2.47. The molecule has 0 amide bonds. The molecule has 0 aromatic carbocycles. The van der Waals surface area contributed by atoms with Crippen LogP contribution in [0, 0.1) is 0 Å². The highest BCUT2D eigenvalue weighted by molar-refractivity contribution is 7.15. The predicted octanol–water partition coefficient (Wildman–Crippen LogP) is 2.09. The molecule has 0 bridgehead atoms. The van der Waals surface area contributed by atoms with Crippen LogP contribution in [0.2, 0.25) is 0 Å². The van der Waals surface area contributed by atoms with Gasteiger partial charge in [0.2, 0.25) is 0 Å². The summed E-state index contributed by atoms with van der Waals surface area (Å²) in [5, 5.41) is 1.98. The van der Waals surface area contributed by atoms with E-state index in [9.17, 15) is 4.79 Å². The number of rotatable bonds is 5.